The molecular formula is C25H26F3N5O. The molecule has 0 bridgehead atoms. The Hall–Kier alpha value is -3.38. The largest absolute Gasteiger partial charge is 0.416 e. The summed E-state index contributed by atoms with van der Waals surface area (Å²) >= 11 is 0. The van der Waals surface area contributed by atoms with E-state index in [4.69, 9.17) is 5.26 Å². The summed E-state index contributed by atoms with van der Waals surface area (Å²) in [5.41, 5.74) is 1.46. The molecule has 4 rings (SSSR count). The van der Waals surface area contributed by atoms with Crippen molar-refractivity contribution in [2.75, 3.05) is 26.7 Å². The second kappa shape index (κ2) is 9.85. The number of likely N-dealkylation sites (N-methyl/N-ethyl adjacent to an activating group) is 1. The van der Waals surface area contributed by atoms with Crippen LogP contribution in [0, 0.1) is 11.3 Å². The van der Waals surface area contributed by atoms with Crippen molar-refractivity contribution in [3.8, 4) is 6.07 Å². The highest BCUT2D eigenvalue weighted by Crippen LogP contribution is 2.30. The molecule has 2 heterocycles. The van der Waals surface area contributed by atoms with Crippen LogP contribution in [0.5, 0.6) is 0 Å². The van der Waals surface area contributed by atoms with Crippen LogP contribution in [0.1, 0.15) is 28.7 Å². The highest BCUT2D eigenvalue weighted by atomic mass is 19.4. The van der Waals surface area contributed by atoms with Crippen molar-refractivity contribution in [1.29, 1.82) is 5.26 Å². The van der Waals surface area contributed by atoms with Gasteiger partial charge in [-0.05, 0) is 48.9 Å². The van der Waals surface area contributed by atoms with E-state index in [1.165, 1.54) is 6.07 Å². The molecular weight excluding hydrogens is 443 g/mol. The smallest absolute Gasteiger partial charge is 0.352 e. The van der Waals surface area contributed by atoms with E-state index in [1.54, 1.807) is 23.1 Å². The minimum absolute atomic E-state index is 0.0579. The first-order valence-corrected chi connectivity index (χ1v) is 11.1. The molecule has 0 N–H and O–H groups in total. The third-order valence-corrected chi connectivity index (χ3v) is 6.39. The first-order chi connectivity index (χ1) is 16.2. The topological polar surface area (TPSA) is 62.9 Å². The number of likely N-dealkylation sites (tertiary alicyclic amines) is 1. The van der Waals surface area contributed by atoms with Gasteiger partial charge in [0.1, 0.15) is 0 Å². The normalized spacial score (nSPS) is 20.4. The lowest BCUT2D eigenvalue weighted by molar-refractivity contribution is -0.137. The monoisotopic (exact) mass is 469 g/mol. The van der Waals surface area contributed by atoms with E-state index < -0.39 is 11.7 Å². The predicted octanol–water partition coefficient (Wildman–Crippen LogP) is 3.52. The molecule has 2 aromatic carbocycles. The van der Waals surface area contributed by atoms with Crippen molar-refractivity contribution in [2.24, 2.45) is 4.99 Å². The number of benzene rings is 2. The van der Waals surface area contributed by atoms with Crippen LogP contribution in [0.25, 0.3) is 0 Å². The maximum Gasteiger partial charge on any atom is 0.416 e. The number of nitrogens with zero attached hydrogens (tertiary/aromatic N) is 5. The fourth-order valence-electron chi connectivity index (χ4n) is 4.52. The molecule has 0 radical (unpaired) electrons. The van der Waals surface area contributed by atoms with E-state index >= 15 is 0 Å². The lowest BCUT2D eigenvalue weighted by atomic mass is 10.1. The summed E-state index contributed by atoms with van der Waals surface area (Å²) in [6.45, 7) is 2.62. The maximum absolute atomic E-state index is 13.0. The average molecular weight is 470 g/mol. The van der Waals surface area contributed by atoms with E-state index in [2.05, 4.69) is 16.0 Å². The van der Waals surface area contributed by atoms with Crippen LogP contribution in [0.3, 0.4) is 0 Å². The number of rotatable bonds is 7. The zero-order valence-corrected chi connectivity index (χ0v) is 18.9. The highest BCUT2D eigenvalue weighted by Gasteiger charge is 2.36. The van der Waals surface area contributed by atoms with Crippen LogP contribution in [-0.4, -0.2) is 65.7 Å². The van der Waals surface area contributed by atoms with Crippen LogP contribution in [-0.2, 0) is 24.1 Å². The molecule has 6 nitrogen and oxygen atoms in total. The summed E-state index contributed by atoms with van der Waals surface area (Å²) in [4.78, 5) is 23.2. The maximum atomic E-state index is 13.0. The molecule has 2 aliphatic heterocycles. The fourth-order valence-corrected chi connectivity index (χ4v) is 4.52. The fraction of sp³-hybridized carbons (Fsp3) is 0.400. The van der Waals surface area contributed by atoms with E-state index in [-0.39, 0.29) is 24.5 Å². The third kappa shape index (κ3) is 5.39. The number of alkyl halides is 3. The molecule has 2 aliphatic rings. The third-order valence-electron chi connectivity index (χ3n) is 6.39. The van der Waals surface area contributed by atoms with E-state index in [1.807, 2.05) is 30.4 Å². The zero-order valence-electron chi connectivity index (χ0n) is 18.9. The Morgan fingerprint density at radius 3 is 2.62 bits per heavy atom. The minimum Gasteiger partial charge on any atom is -0.352 e. The van der Waals surface area contributed by atoms with Gasteiger partial charge >= 0.3 is 6.18 Å². The number of nitriles is 1. The number of amides is 1. The summed E-state index contributed by atoms with van der Waals surface area (Å²) in [7, 11) is 1.91. The second-order valence-corrected chi connectivity index (χ2v) is 8.82. The summed E-state index contributed by atoms with van der Waals surface area (Å²) in [5, 5.41) is 8.96. The summed E-state index contributed by atoms with van der Waals surface area (Å²) in [6.07, 6.45) is -1.94. The molecule has 2 atom stereocenters. The minimum atomic E-state index is -4.40. The number of halogens is 3. The lowest BCUT2D eigenvalue weighted by Gasteiger charge is -2.31. The number of aliphatic imine (C=N–C) groups is 1. The van der Waals surface area contributed by atoms with Gasteiger partial charge in [-0.15, -0.1) is 0 Å². The van der Waals surface area contributed by atoms with Gasteiger partial charge in [-0.2, -0.15) is 18.4 Å². The molecule has 0 saturated carbocycles. The van der Waals surface area contributed by atoms with Crippen molar-refractivity contribution in [3.05, 3.63) is 70.8 Å². The Kier molecular flexibility index (Phi) is 6.89. The number of hydrogen-bond acceptors (Lipinski definition) is 5. The number of carbonyl (C=O) groups is 1. The van der Waals surface area contributed by atoms with E-state index in [0.717, 1.165) is 17.7 Å². The van der Waals surface area contributed by atoms with Gasteiger partial charge in [-0.1, -0.05) is 24.3 Å². The van der Waals surface area contributed by atoms with Crippen molar-refractivity contribution < 1.29 is 18.0 Å². The van der Waals surface area contributed by atoms with E-state index in [9.17, 15) is 18.0 Å². The van der Waals surface area contributed by atoms with Crippen LogP contribution in [0.2, 0.25) is 0 Å². The van der Waals surface area contributed by atoms with E-state index in [0.29, 0.717) is 43.7 Å². The first kappa shape index (κ1) is 23.8. The van der Waals surface area contributed by atoms with Gasteiger partial charge in [0.2, 0.25) is 5.91 Å². The molecule has 0 aromatic heterocycles. The van der Waals surface area contributed by atoms with Gasteiger partial charge in [0, 0.05) is 26.2 Å². The molecule has 1 fully saturated rings. The van der Waals surface area contributed by atoms with Gasteiger partial charge in [0.25, 0.3) is 0 Å². The van der Waals surface area contributed by atoms with Gasteiger partial charge in [0.15, 0.2) is 0 Å². The van der Waals surface area contributed by atoms with Crippen LogP contribution < -0.4 is 0 Å². The quantitative estimate of drug-likeness (QED) is 0.623. The van der Waals surface area contributed by atoms with Gasteiger partial charge in [-0.25, -0.2) is 0 Å². The van der Waals surface area contributed by atoms with Crippen LogP contribution >= 0.6 is 0 Å². The Bertz CT molecular complexity index is 1090. The predicted molar refractivity (Wildman–Crippen MR) is 122 cm³/mol. The molecule has 178 valence electrons. The molecule has 0 spiro atoms. The van der Waals surface area contributed by atoms with Gasteiger partial charge in [0.05, 0.1) is 42.2 Å². The Morgan fingerprint density at radius 2 is 1.91 bits per heavy atom. The van der Waals surface area contributed by atoms with Crippen molar-refractivity contribution >= 4 is 12.2 Å². The Morgan fingerprint density at radius 1 is 1.15 bits per heavy atom. The van der Waals surface area contributed by atoms with Crippen molar-refractivity contribution in [1.82, 2.24) is 14.7 Å². The van der Waals surface area contributed by atoms with Crippen LogP contribution in [0.4, 0.5) is 13.2 Å². The molecule has 1 amide bonds. The second-order valence-electron chi connectivity index (χ2n) is 8.82. The zero-order chi connectivity index (χ0) is 24.3. The highest BCUT2D eigenvalue weighted by molar-refractivity contribution is 5.84. The Balaban J connectivity index is 1.34. The van der Waals surface area contributed by atoms with Crippen molar-refractivity contribution in [2.45, 2.75) is 37.8 Å². The van der Waals surface area contributed by atoms with Gasteiger partial charge < -0.3 is 9.80 Å². The average Bonchev–Trinajstić information content (AvgIpc) is 3.40. The first-order valence-electron chi connectivity index (χ1n) is 11.1. The number of carbonyl (C=O) groups excluding carboxylic acids is 1. The van der Waals surface area contributed by atoms with Gasteiger partial charge in [-0.3, -0.25) is 14.7 Å². The summed E-state index contributed by atoms with van der Waals surface area (Å²) < 4.78 is 39.0. The molecule has 1 unspecified atom stereocenters. The molecule has 34 heavy (non-hydrogen) atoms. The molecule has 0 aliphatic carbocycles. The van der Waals surface area contributed by atoms with Crippen LogP contribution in [0.15, 0.2) is 53.5 Å². The standard InChI is InChI=1S/C25H26F3N5O/c1-31(16-22-13-30-17-33(22)14-19-7-5-18(12-29)6-8-19)23-9-10-32(24(23)34)15-20-3-2-4-21(11-20)25(26,27)28/h2-8,11,17,22-23H,9-10,13-16H2,1H3/t22?,23-/m0/s1. The SMILES string of the molecule is CN(CC1CN=CN1Cc1ccc(C#N)cc1)[C@H]1CCN(Cc2cccc(C(F)(F)F)c2)C1=O. The lowest BCUT2D eigenvalue weighted by Crippen LogP contribution is -2.47. The molecule has 2 aromatic rings. The molecule has 9 heteroatoms. The number of hydrogen-bond donors (Lipinski definition) is 0. The summed E-state index contributed by atoms with van der Waals surface area (Å²) in [6, 6.07) is 14.5. The summed E-state index contributed by atoms with van der Waals surface area (Å²) in [5.74, 6) is -0.0579. The Labute approximate surface area is 196 Å². The van der Waals surface area contributed by atoms with Crippen molar-refractivity contribution in [3.63, 3.8) is 0 Å². The molecule has 1 saturated heterocycles.